The first-order chi connectivity index (χ1) is 7.63. The Balaban J connectivity index is 2.15. The van der Waals surface area contributed by atoms with E-state index in [1.54, 1.807) is 0 Å². The summed E-state index contributed by atoms with van der Waals surface area (Å²) in [7, 11) is 4.50. The van der Waals surface area contributed by atoms with Crippen molar-refractivity contribution >= 4 is 0 Å². The van der Waals surface area contributed by atoms with Crippen LogP contribution in [0, 0.1) is 5.92 Å². The molecule has 1 N–H and O–H groups in total. The number of hydrogen-bond acceptors (Lipinski definition) is 3. The molecule has 0 aliphatic carbocycles. The molecule has 16 heavy (non-hydrogen) atoms. The lowest BCUT2D eigenvalue weighted by Crippen LogP contribution is -2.36. The third kappa shape index (κ3) is 4.81. The van der Waals surface area contributed by atoms with E-state index in [4.69, 9.17) is 0 Å². The number of nitrogens with one attached hydrogen (secondary N) is 1. The van der Waals surface area contributed by atoms with Crippen molar-refractivity contribution in [2.75, 3.05) is 46.8 Å². The second-order valence-electron chi connectivity index (χ2n) is 5.35. The molecule has 1 saturated heterocycles. The first-order valence-electron chi connectivity index (χ1n) is 6.73. The van der Waals surface area contributed by atoms with Gasteiger partial charge >= 0.3 is 0 Å². The van der Waals surface area contributed by atoms with Crippen LogP contribution in [0.2, 0.25) is 0 Å². The van der Waals surface area contributed by atoms with Crippen LogP contribution in [0.5, 0.6) is 0 Å². The van der Waals surface area contributed by atoms with Crippen LogP contribution in [0.1, 0.15) is 26.7 Å². The molecule has 3 nitrogen and oxygen atoms in total. The van der Waals surface area contributed by atoms with Gasteiger partial charge in [0.2, 0.25) is 0 Å². The normalized spacial score (nSPS) is 24.2. The van der Waals surface area contributed by atoms with E-state index in [1.165, 1.54) is 32.5 Å². The summed E-state index contributed by atoms with van der Waals surface area (Å²) in [6.07, 6.45) is 2.63. The molecule has 1 fully saturated rings. The molecule has 0 spiro atoms. The monoisotopic (exact) mass is 227 g/mol. The Hall–Kier alpha value is -0.120. The van der Waals surface area contributed by atoms with Gasteiger partial charge in [-0.2, -0.15) is 0 Å². The van der Waals surface area contributed by atoms with E-state index in [0.29, 0.717) is 6.04 Å². The summed E-state index contributed by atoms with van der Waals surface area (Å²) >= 11 is 0. The molecule has 0 bridgehead atoms. The molecule has 2 atom stereocenters. The van der Waals surface area contributed by atoms with E-state index in [0.717, 1.165) is 19.0 Å². The van der Waals surface area contributed by atoms with E-state index in [2.05, 4.69) is 43.1 Å². The topological polar surface area (TPSA) is 18.5 Å². The Morgan fingerprint density at radius 2 is 2.25 bits per heavy atom. The molecular formula is C13H29N3. The number of likely N-dealkylation sites (tertiary alicyclic amines) is 1. The molecule has 0 saturated carbocycles. The van der Waals surface area contributed by atoms with Gasteiger partial charge in [-0.3, -0.25) is 0 Å². The highest BCUT2D eigenvalue weighted by atomic mass is 15.2. The highest BCUT2D eigenvalue weighted by Crippen LogP contribution is 2.16. The summed E-state index contributed by atoms with van der Waals surface area (Å²) in [6.45, 7) is 10.6. The van der Waals surface area contributed by atoms with Crippen LogP contribution >= 0.6 is 0 Å². The molecule has 2 unspecified atom stereocenters. The summed E-state index contributed by atoms with van der Waals surface area (Å²) in [6, 6.07) is 0.699. The van der Waals surface area contributed by atoms with Gasteiger partial charge in [0.25, 0.3) is 0 Å². The molecule has 0 aromatic heterocycles. The molecule has 1 rings (SSSR count). The lowest BCUT2D eigenvalue weighted by Gasteiger charge is -2.27. The van der Waals surface area contributed by atoms with Gasteiger partial charge in [-0.05, 0) is 59.4 Å². The van der Waals surface area contributed by atoms with Crippen LogP contribution in [0.4, 0.5) is 0 Å². The standard InChI is InChI=1S/C13H29N3/c1-5-14-8-6-12(2)16(4)11-13-7-9-15(3)10-13/h12-14H,5-11H2,1-4H3. The van der Waals surface area contributed by atoms with Crippen LogP contribution in [0.25, 0.3) is 0 Å². The van der Waals surface area contributed by atoms with Crippen molar-refractivity contribution in [3.63, 3.8) is 0 Å². The average molecular weight is 227 g/mol. The molecule has 1 aliphatic heterocycles. The predicted octanol–water partition coefficient (Wildman–Crippen LogP) is 1.26. The maximum atomic E-state index is 3.40. The van der Waals surface area contributed by atoms with Gasteiger partial charge in [-0.15, -0.1) is 0 Å². The van der Waals surface area contributed by atoms with Crippen molar-refractivity contribution < 1.29 is 0 Å². The minimum absolute atomic E-state index is 0.699. The van der Waals surface area contributed by atoms with E-state index in [-0.39, 0.29) is 0 Å². The van der Waals surface area contributed by atoms with Crippen molar-refractivity contribution in [1.29, 1.82) is 0 Å². The maximum absolute atomic E-state index is 3.40. The summed E-state index contributed by atoms with van der Waals surface area (Å²) in [5.41, 5.74) is 0. The van der Waals surface area contributed by atoms with Gasteiger partial charge in [-0.25, -0.2) is 0 Å². The second kappa shape index (κ2) is 7.25. The highest BCUT2D eigenvalue weighted by molar-refractivity contribution is 4.77. The number of hydrogen-bond donors (Lipinski definition) is 1. The van der Waals surface area contributed by atoms with Crippen molar-refractivity contribution in [3.8, 4) is 0 Å². The molecular weight excluding hydrogens is 198 g/mol. The van der Waals surface area contributed by atoms with Crippen molar-refractivity contribution in [1.82, 2.24) is 15.1 Å². The van der Waals surface area contributed by atoms with Gasteiger partial charge in [0.05, 0.1) is 0 Å². The second-order valence-corrected chi connectivity index (χ2v) is 5.35. The third-order valence-electron chi connectivity index (χ3n) is 3.78. The number of nitrogens with zero attached hydrogens (tertiary/aromatic N) is 2. The molecule has 0 amide bonds. The molecule has 0 radical (unpaired) electrons. The summed E-state index contributed by atoms with van der Waals surface area (Å²) in [5, 5.41) is 3.40. The Labute approximate surface area is 101 Å². The lowest BCUT2D eigenvalue weighted by molar-refractivity contribution is 0.209. The van der Waals surface area contributed by atoms with Crippen LogP contribution in [-0.2, 0) is 0 Å². The third-order valence-corrected chi connectivity index (χ3v) is 3.78. The molecule has 0 aromatic rings. The first-order valence-corrected chi connectivity index (χ1v) is 6.73. The van der Waals surface area contributed by atoms with Crippen LogP contribution in [-0.4, -0.2) is 62.7 Å². The maximum Gasteiger partial charge on any atom is 0.00760 e. The summed E-state index contributed by atoms with van der Waals surface area (Å²) in [5.74, 6) is 0.886. The largest absolute Gasteiger partial charge is 0.317 e. The molecule has 1 aliphatic rings. The van der Waals surface area contributed by atoms with Gasteiger partial charge < -0.3 is 15.1 Å². The lowest BCUT2D eigenvalue weighted by atomic mass is 10.1. The smallest absolute Gasteiger partial charge is 0.00760 e. The average Bonchev–Trinajstić information content (AvgIpc) is 2.64. The van der Waals surface area contributed by atoms with Crippen LogP contribution in [0.15, 0.2) is 0 Å². The Morgan fingerprint density at radius 3 is 2.81 bits per heavy atom. The minimum atomic E-state index is 0.699. The van der Waals surface area contributed by atoms with E-state index in [1.807, 2.05) is 0 Å². The fourth-order valence-electron chi connectivity index (χ4n) is 2.47. The zero-order chi connectivity index (χ0) is 12.0. The van der Waals surface area contributed by atoms with E-state index >= 15 is 0 Å². The zero-order valence-electron chi connectivity index (χ0n) is 11.5. The van der Waals surface area contributed by atoms with E-state index < -0.39 is 0 Å². The summed E-state index contributed by atoms with van der Waals surface area (Å²) < 4.78 is 0. The predicted molar refractivity (Wildman–Crippen MR) is 70.9 cm³/mol. The molecule has 1 heterocycles. The van der Waals surface area contributed by atoms with Gasteiger partial charge in [0, 0.05) is 19.1 Å². The number of rotatable bonds is 7. The highest BCUT2D eigenvalue weighted by Gasteiger charge is 2.22. The molecule has 0 aromatic carbocycles. The van der Waals surface area contributed by atoms with Crippen LogP contribution < -0.4 is 5.32 Å². The fourth-order valence-corrected chi connectivity index (χ4v) is 2.47. The van der Waals surface area contributed by atoms with E-state index in [9.17, 15) is 0 Å². The Bertz CT molecular complexity index is 184. The minimum Gasteiger partial charge on any atom is -0.317 e. The quantitative estimate of drug-likeness (QED) is 0.661. The Kier molecular flexibility index (Phi) is 6.32. The Morgan fingerprint density at radius 1 is 1.50 bits per heavy atom. The SMILES string of the molecule is CCNCCC(C)N(C)CC1CCN(C)C1. The van der Waals surface area contributed by atoms with Crippen LogP contribution in [0.3, 0.4) is 0 Å². The van der Waals surface area contributed by atoms with Crippen molar-refractivity contribution in [2.24, 2.45) is 5.92 Å². The van der Waals surface area contributed by atoms with Crippen molar-refractivity contribution in [2.45, 2.75) is 32.7 Å². The van der Waals surface area contributed by atoms with Gasteiger partial charge in [-0.1, -0.05) is 6.92 Å². The van der Waals surface area contributed by atoms with Gasteiger partial charge in [0.1, 0.15) is 0 Å². The zero-order valence-corrected chi connectivity index (χ0v) is 11.5. The first kappa shape index (κ1) is 13.9. The molecule has 96 valence electrons. The fraction of sp³-hybridized carbons (Fsp3) is 1.00. The van der Waals surface area contributed by atoms with Crippen molar-refractivity contribution in [3.05, 3.63) is 0 Å². The summed E-state index contributed by atoms with van der Waals surface area (Å²) in [4.78, 5) is 4.98. The molecule has 3 heteroatoms. The van der Waals surface area contributed by atoms with Gasteiger partial charge in [0.15, 0.2) is 0 Å².